The van der Waals surface area contributed by atoms with E-state index in [0.29, 0.717) is 65.4 Å². The van der Waals surface area contributed by atoms with Crippen molar-refractivity contribution in [3.05, 3.63) is 185 Å². The molecule has 10 rings (SSSR count). The topological polar surface area (TPSA) is 174 Å². The van der Waals surface area contributed by atoms with Crippen LogP contribution >= 0.6 is 11.6 Å². The quantitative estimate of drug-likeness (QED) is 0.0652. The Bertz CT molecular complexity index is 3970. The molecule has 1 amide bonds. The van der Waals surface area contributed by atoms with Crippen LogP contribution in [-0.4, -0.2) is 142 Å². The van der Waals surface area contributed by atoms with E-state index in [2.05, 4.69) is 67.1 Å². The monoisotopic (exact) mass is 1140 g/mol. The van der Waals surface area contributed by atoms with Gasteiger partial charge in [-0.15, -0.1) is 0 Å². The molecule has 0 radical (unpaired) electrons. The van der Waals surface area contributed by atoms with E-state index in [9.17, 15) is 13.2 Å². The molecule has 426 valence electrons. The van der Waals surface area contributed by atoms with Crippen molar-refractivity contribution in [1.82, 2.24) is 53.0 Å². The number of carbonyl (C=O) groups excluding carboxylic acids is 1. The van der Waals surface area contributed by atoms with Gasteiger partial charge in [0.25, 0.3) is 5.91 Å². The zero-order chi connectivity index (χ0) is 58.2. The fourth-order valence-electron chi connectivity index (χ4n) is 9.58. The summed E-state index contributed by atoms with van der Waals surface area (Å²) < 4.78 is 44.3. The molecule has 0 saturated heterocycles. The summed E-state index contributed by atoms with van der Waals surface area (Å²) in [5.41, 5.74) is 11.7. The predicted molar refractivity (Wildman–Crippen MR) is 326 cm³/mol. The molecule has 82 heavy (non-hydrogen) atoms. The first-order valence-corrected chi connectivity index (χ1v) is 29.2. The molecule has 0 unspecified atom stereocenters. The van der Waals surface area contributed by atoms with E-state index in [1.54, 1.807) is 34.7 Å². The molecule has 10 aromatic rings. The summed E-state index contributed by atoms with van der Waals surface area (Å²) in [6.45, 7) is 9.75. The van der Waals surface area contributed by atoms with Crippen LogP contribution in [-0.2, 0) is 22.9 Å². The van der Waals surface area contributed by atoms with Gasteiger partial charge in [0.1, 0.15) is 22.3 Å². The van der Waals surface area contributed by atoms with Crippen molar-refractivity contribution in [1.29, 1.82) is 0 Å². The number of nitrogens with one attached hydrogen (secondary N) is 2. The Balaban J connectivity index is 0.000000198. The number of rotatable bonds is 21. The number of fused-ring (bicyclic) bond motifs is 2. The van der Waals surface area contributed by atoms with Gasteiger partial charge in [0, 0.05) is 111 Å². The molecule has 6 aromatic heterocycles. The van der Waals surface area contributed by atoms with Gasteiger partial charge in [0.05, 0.1) is 35.7 Å². The lowest BCUT2D eigenvalue weighted by Gasteiger charge is -2.20. The Kier molecular flexibility index (Phi) is 18.1. The van der Waals surface area contributed by atoms with Gasteiger partial charge in [-0.05, 0) is 150 Å². The van der Waals surface area contributed by atoms with Gasteiger partial charge in [0.15, 0.2) is 21.1 Å². The first kappa shape index (κ1) is 58.2. The van der Waals surface area contributed by atoms with Gasteiger partial charge in [0.2, 0.25) is 5.88 Å². The number of hydrogen-bond donors (Lipinski definition) is 2. The Morgan fingerprint density at radius 3 is 1.72 bits per heavy atom. The van der Waals surface area contributed by atoms with Crippen molar-refractivity contribution in [3.8, 4) is 45.3 Å². The molecule has 18 nitrogen and oxygen atoms in total. The number of aromatic nitrogens is 8. The van der Waals surface area contributed by atoms with Crippen LogP contribution < -0.4 is 20.1 Å². The second kappa shape index (κ2) is 25.5. The zero-order valence-corrected chi connectivity index (χ0v) is 49.6. The van der Waals surface area contributed by atoms with Gasteiger partial charge >= 0.3 is 0 Å². The summed E-state index contributed by atoms with van der Waals surface area (Å²) in [7, 11) is 7.74. The van der Waals surface area contributed by atoms with Crippen LogP contribution in [0.3, 0.4) is 0 Å². The molecule has 2 N–H and O–H groups in total. The molecule has 0 aliphatic heterocycles. The highest BCUT2D eigenvalue weighted by atomic mass is 35.5. The number of anilines is 2. The number of aryl methyl sites for hydroxylation is 3. The second-order valence-electron chi connectivity index (χ2n) is 20.7. The SMILES string of the molecule is COc1ccc(-c2c(C)nn3c(NCc4cccc(-n5cccc5)c4)cc(OCCCN(C)C)nc23)cc1S(C)(=O)=O.Cc1cc(NCc2cccc(-n3cccc3)c2)n2nc(C)c(-c3ccc(Cl)c(C(=O)N(C)CCN(C)C)c3)c2n1. The Hall–Kier alpha value is -8.49. The maximum atomic E-state index is 13.3. The molecule has 0 bridgehead atoms. The number of sulfone groups is 1. The van der Waals surface area contributed by atoms with E-state index in [-0.39, 0.29) is 16.6 Å². The van der Waals surface area contributed by atoms with E-state index < -0.39 is 9.84 Å². The van der Waals surface area contributed by atoms with E-state index >= 15 is 0 Å². The average molecular weight is 1140 g/mol. The van der Waals surface area contributed by atoms with Gasteiger partial charge < -0.3 is 43.9 Å². The highest BCUT2D eigenvalue weighted by Crippen LogP contribution is 2.36. The van der Waals surface area contributed by atoms with Gasteiger partial charge in [-0.2, -0.15) is 24.2 Å². The smallest absolute Gasteiger partial charge is 0.255 e. The third-order valence-corrected chi connectivity index (χ3v) is 15.2. The largest absolute Gasteiger partial charge is 0.495 e. The van der Waals surface area contributed by atoms with Gasteiger partial charge in [-0.25, -0.2) is 13.4 Å². The Labute approximate surface area is 484 Å². The van der Waals surface area contributed by atoms with Crippen molar-refractivity contribution < 1.29 is 22.7 Å². The molecule has 0 fully saturated rings. The number of carbonyl (C=O) groups is 1. The van der Waals surface area contributed by atoms with Crippen LogP contribution in [0.15, 0.2) is 151 Å². The molecule has 0 spiro atoms. The molecule has 0 aliphatic rings. The molecular weight excluding hydrogens is 1070 g/mol. The van der Waals surface area contributed by atoms with E-state index in [1.807, 2.05) is 144 Å². The fourth-order valence-corrected chi connectivity index (χ4v) is 10.6. The number of methoxy groups -OCH3 is 1. The van der Waals surface area contributed by atoms with Crippen LogP contribution in [0.25, 0.3) is 44.9 Å². The standard InChI is InChI=1S/C31H34ClN7O.C31H36N6O4S/c1-21-17-28(33-20-23-9-8-10-25(18-23)38-13-6-7-14-38)39-30(34-21)29(22(2)35-39)24-11-12-27(32)26(19-24)31(40)37(5)16-15-36(3)4;1-22-30(24-12-13-26(40-4)27(19-24)42(5,38)39)31-33-29(41-17-9-14-35(2)3)20-28(37(31)34-22)32-21-23-10-8-11-25(18-23)36-15-6-7-16-36/h6-14,17-19,33H,15-16,20H2,1-5H3;6-8,10-13,15-16,18-20,32H,9,14,17,21H2,1-5H3. The van der Waals surface area contributed by atoms with Crippen LogP contribution in [0.1, 0.15) is 45.0 Å². The van der Waals surface area contributed by atoms with E-state index in [0.717, 1.165) is 81.6 Å². The second-order valence-corrected chi connectivity index (χ2v) is 23.1. The minimum absolute atomic E-state index is 0.110. The summed E-state index contributed by atoms with van der Waals surface area (Å²) >= 11 is 6.51. The lowest BCUT2D eigenvalue weighted by molar-refractivity contribution is 0.0786. The first-order valence-electron chi connectivity index (χ1n) is 26.9. The number of hydrogen-bond acceptors (Lipinski definition) is 13. The highest BCUT2D eigenvalue weighted by Gasteiger charge is 2.24. The fraction of sp³-hybridized carbons (Fsp3) is 0.274. The van der Waals surface area contributed by atoms with Crippen molar-refractivity contribution in [3.63, 3.8) is 0 Å². The maximum absolute atomic E-state index is 13.3. The van der Waals surface area contributed by atoms with Crippen LogP contribution in [0, 0.1) is 20.8 Å². The highest BCUT2D eigenvalue weighted by molar-refractivity contribution is 7.90. The number of halogens is 1. The molecule has 4 aromatic carbocycles. The Morgan fingerprint density at radius 2 is 1.17 bits per heavy atom. The minimum atomic E-state index is -3.54. The van der Waals surface area contributed by atoms with E-state index in [4.69, 9.17) is 41.2 Å². The van der Waals surface area contributed by atoms with Crippen LogP contribution in [0.5, 0.6) is 11.6 Å². The van der Waals surface area contributed by atoms with E-state index in [1.165, 1.54) is 13.4 Å². The summed E-state index contributed by atoms with van der Waals surface area (Å²) in [5.74, 6) is 2.19. The number of ether oxygens (including phenoxy) is 2. The normalized spacial score (nSPS) is 11.6. The summed E-state index contributed by atoms with van der Waals surface area (Å²) in [6, 6.07) is 39.3. The molecule has 20 heteroatoms. The van der Waals surface area contributed by atoms with Crippen LogP contribution in [0.2, 0.25) is 5.02 Å². The predicted octanol–water partition coefficient (Wildman–Crippen LogP) is 10.6. The number of likely N-dealkylation sites (N-methyl/N-ethyl adjacent to an activating group) is 2. The van der Waals surface area contributed by atoms with Crippen molar-refractivity contribution in [2.75, 3.05) is 85.5 Å². The summed E-state index contributed by atoms with van der Waals surface area (Å²) in [5, 5.41) is 17.1. The minimum Gasteiger partial charge on any atom is -0.495 e. The van der Waals surface area contributed by atoms with Gasteiger partial charge in [-0.1, -0.05) is 48.0 Å². The zero-order valence-electron chi connectivity index (χ0n) is 48.1. The van der Waals surface area contributed by atoms with Gasteiger partial charge in [-0.3, -0.25) is 4.79 Å². The molecule has 0 aliphatic carbocycles. The summed E-state index contributed by atoms with van der Waals surface area (Å²) in [4.78, 5) is 28.9. The number of amides is 1. The van der Waals surface area contributed by atoms with Crippen molar-refractivity contribution in [2.24, 2.45) is 0 Å². The average Bonchev–Trinajstić information content (AvgIpc) is 4.50. The third-order valence-electron chi connectivity index (χ3n) is 13.8. The molecule has 6 heterocycles. The number of nitrogens with zero attached hydrogens (tertiary/aromatic N) is 11. The number of benzene rings is 4. The lowest BCUT2D eigenvalue weighted by Crippen LogP contribution is -2.33. The van der Waals surface area contributed by atoms with Crippen molar-refractivity contribution in [2.45, 2.75) is 45.2 Å². The van der Waals surface area contributed by atoms with Crippen LogP contribution in [0.4, 0.5) is 11.6 Å². The Morgan fingerprint density at radius 1 is 0.634 bits per heavy atom. The lowest BCUT2D eigenvalue weighted by atomic mass is 10.0. The van der Waals surface area contributed by atoms with Crippen molar-refractivity contribution >= 4 is 50.3 Å². The molecule has 0 saturated carbocycles. The molecule has 0 atom stereocenters. The third kappa shape index (κ3) is 13.6. The maximum Gasteiger partial charge on any atom is 0.255 e. The molecular formula is C62H70ClN13O5S. The first-order chi connectivity index (χ1) is 39.3. The summed E-state index contributed by atoms with van der Waals surface area (Å²) in [6.07, 6.45) is 10.1.